The standard InChI is InChI=1S/C17H22O2/c1-12-7-5-8-13(2)16(12,18)11-17(19)14(3)9-6-10-15(17)4/h5-10,12,14,18-19H,1-4H3. The van der Waals surface area contributed by atoms with Crippen LogP contribution in [0.3, 0.4) is 0 Å². The predicted molar refractivity (Wildman–Crippen MR) is 77.3 cm³/mol. The zero-order valence-corrected chi connectivity index (χ0v) is 12.0. The Balaban J connectivity index is 2.34. The van der Waals surface area contributed by atoms with Gasteiger partial charge in [-0.1, -0.05) is 50.3 Å². The summed E-state index contributed by atoms with van der Waals surface area (Å²) < 4.78 is 0. The van der Waals surface area contributed by atoms with E-state index < -0.39 is 11.2 Å². The monoisotopic (exact) mass is 258 g/mol. The maximum atomic E-state index is 10.9. The van der Waals surface area contributed by atoms with Gasteiger partial charge in [0.1, 0.15) is 11.2 Å². The third-order valence-corrected chi connectivity index (χ3v) is 4.39. The van der Waals surface area contributed by atoms with E-state index in [2.05, 4.69) is 6.42 Å². The second-order valence-electron chi connectivity index (χ2n) is 5.70. The first kappa shape index (κ1) is 14.3. The van der Waals surface area contributed by atoms with E-state index in [9.17, 15) is 10.2 Å². The van der Waals surface area contributed by atoms with Gasteiger partial charge >= 0.3 is 0 Å². The zero-order valence-electron chi connectivity index (χ0n) is 12.0. The summed E-state index contributed by atoms with van der Waals surface area (Å²) in [5.41, 5.74) is -0.827. The van der Waals surface area contributed by atoms with Crippen molar-refractivity contribution in [3.63, 3.8) is 0 Å². The highest BCUT2D eigenvalue weighted by Gasteiger charge is 2.47. The van der Waals surface area contributed by atoms with Crippen LogP contribution in [0.1, 0.15) is 27.7 Å². The van der Waals surface area contributed by atoms with Crippen LogP contribution in [0.2, 0.25) is 0 Å². The minimum atomic E-state index is -1.22. The van der Waals surface area contributed by atoms with Crippen molar-refractivity contribution in [1.82, 2.24) is 0 Å². The lowest BCUT2D eigenvalue weighted by atomic mass is 9.66. The topological polar surface area (TPSA) is 40.5 Å². The SMILES string of the molecule is CC1=CC=CC(C)C1(O)[C]C1(O)C(C)=CC=CC1C. The Kier molecular flexibility index (Phi) is 3.59. The van der Waals surface area contributed by atoms with Gasteiger partial charge in [-0.25, -0.2) is 0 Å². The van der Waals surface area contributed by atoms with E-state index in [1.54, 1.807) is 0 Å². The van der Waals surface area contributed by atoms with Gasteiger partial charge in [0.15, 0.2) is 0 Å². The predicted octanol–water partition coefficient (Wildman–Crippen LogP) is 2.83. The Labute approximate surface area is 115 Å². The molecule has 102 valence electrons. The third-order valence-electron chi connectivity index (χ3n) is 4.39. The zero-order chi connectivity index (χ0) is 14.3. The summed E-state index contributed by atoms with van der Waals surface area (Å²) in [6, 6.07) is 0. The Hall–Kier alpha value is -1.12. The molecule has 2 heteroatoms. The molecule has 2 aliphatic carbocycles. The maximum absolute atomic E-state index is 10.9. The van der Waals surface area contributed by atoms with Gasteiger partial charge in [-0.05, 0) is 25.0 Å². The highest BCUT2D eigenvalue weighted by Crippen LogP contribution is 2.42. The Morgan fingerprint density at radius 2 is 1.26 bits per heavy atom. The Morgan fingerprint density at radius 3 is 1.58 bits per heavy atom. The average Bonchev–Trinajstić information content (AvgIpc) is 2.34. The number of allylic oxidation sites excluding steroid dienone is 4. The van der Waals surface area contributed by atoms with Crippen molar-refractivity contribution in [3.05, 3.63) is 54.0 Å². The van der Waals surface area contributed by atoms with Gasteiger partial charge in [-0.3, -0.25) is 0 Å². The maximum Gasteiger partial charge on any atom is 0.102 e. The van der Waals surface area contributed by atoms with Crippen LogP contribution >= 0.6 is 0 Å². The summed E-state index contributed by atoms with van der Waals surface area (Å²) in [5.74, 6) is -0.208. The van der Waals surface area contributed by atoms with Crippen LogP contribution in [0.5, 0.6) is 0 Å². The minimum Gasteiger partial charge on any atom is -0.384 e. The van der Waals surface area contributed by atoms with Crippen LogP contribution in [0.25, 0.3) is 0 Å². The smallest absolute Gasteiger partial charge is 0.102 e. The highest BCUT2D eigenvalue weighted by molar-refractivity contribution is 5.41. The molecule has 0 aromatic rings. The molecule has 0 amide bonds. The summed E-state index contributed by atoms with van der Waals surface area (Å²) in [5, 5.41) is 21.8. The minimum absolute atomic E-state index is 0.104. The van der Waals surface area contributed by atoms with Crippen molar-refractivity contribution in [2.75, 3.05) is 0 Å². The molecular formula is C17H22O2. The molecular weight excluding hydrogens is 236 g/mol. The van der Waals surface area contributed by atoms with E-state index in [-0.39, 0.29) is 11.8 Å². The summed E-state index contributed by atoms with van der Waals surface area (Å²) in [4.78, 5) is 0. The van der Waals surface area contributed by atoms with Gasteiger partial charge in [-0.15, -0.1) is 0 Å². The lowest BCUT2D eigenvalue weighted by molar-refractivity contribution is -0.00452. The van der Waals surface area contributed by atoms with E-state index in [0.29, 0.717) is 0 Å². The van der Waals surface area contributed by atoms with Crippen LogP contribution in [-0.4, -0.2) is 21.4 Å². The van der Waals surface area contributed by atoms with E-state index in [1.807, 2.05) is 64.2 Å². The van der Waals surface area contributed by atoms with Crippen molar-refractivity contribution >= 4 is 0 Å². The highest BCUT2D eigenvalue weighted by atomic mass is 16.3. The number of hydrogen-bond acceptors (Lipinski definition) is 2. The Morgan fingerprint density at radius 1 is 0.895 bits per heavy atom. The summed E-state index contributed by atoms with van der Waals surface area (Å²) in [6.45, 7) is 7.62. The summed E-state index contributed by atoms with van der Waals surface area (Å²) in [6.07, 6.45) is 14.6. The molecule has 4 unspecified atom stereocenters. The van der Waals surface area contributed by atoms with Crippen LogP contribution < -0.4 is 0 Å². The second-order valence-corrected chi connectivity index (χ2v) is 5.70. The van der Waals surface area contributed by atoms with E-state index >= 15 is 0 Å². The van der Waals surface area contributed by atoms with Crippen molar-refractivity contribution in [3.8, 4) is 0 Å². The number of rotatable bonds is 2. The first-order chi connectivity index (χ1) is 8.80. The summed E-state index contributed by atoms with van der Waals surface area (Å²) >= 11 is 0. The number of hydrogen-bond donors (Lipinski definition) is 2. The van der Waals surface area contributed by atoms with E-state index in [4.69, 9.17) is 0 Å². The third kappa shape index (κ3) is 2.24. The molecule has 0 saturated carbocycles. The molecule has 4 atom stereocenters. The molecule has 2 nitrogen and oxygen atoms in total. The second kappa shape index (κ2) is 4.77. The van der Waals surface area contributed by atoms with Gasteiger partial charge in [0.2, 0.25) is 0 Å². The molecule has 0 fully saturated rings. The molecule has 19 heavy (non-hydrogen) atoms. The molecule has 0 heterocycles. The average molecular weight is 258 g/mol. The molecule has 0 spiro atoms. The van der Waals surface area contributed by atoms with E-state index in [1.165, 1.54) is 0 Å². The van der Waals surface area contributed by atoms with Crippen LogP contribution in [-0.2, 0) is 0 Å². The van der Waals surface area contributed by atoms with Crippen LogP contribution in [0.15, 0.2) is 47.6 Å². The van der Waals surface area contributed by atoms with Gasteiger partial charge in [-0.2, -0.15) is 0 Å². The first-order valence-electron chi connectivity index (χ1n) is 6.76. The van der Waals surface area contributed by atoms with Crippen molar-refractivity contribution in [2.45, 2.75) is 38.9 Å². The molecule has 0 saturated heterocycles. The van der Waals surface area contributed by atoms with Gasteiger partial charge in [0.05, 0.1) is 6.42 Å². The fourth-order valence-electron chi connectivity index (χ4n) is 2.70. The quantitative estimate of drug-likeness (QED) is 0.799. The van der Waals surface area contributed by atoms with Crippen molar-refractivity contribution < 1.29 is 10.2 Å². The normalized spacial score (nSPS) is 42.0. The summed E-state index contributed by atoms with van der Waals surface area (Å²) in [7, 11) is 0. The van der Waals surface area contributed by atoms with Crippen LogP contribution in [0.4, 0.5) is 0 Å². The van der Waals surface area contributed by atoms with Crippen LogP contribution in [0, 0.1) is 18.3 Å². The molecule has 2 radical (unpaired) electrons. The molecule has 2 rings (SSSR count). The van der Waals surface area contributed by atoms with E-state index in [0.717, 1.165) is 11.1 Å². The molecule has 0 aromatic heterocycles. The van der Waals surface area contributed by atoms with Gasteiger partial charge < -0.3 is 10.2 Å². The van der Waals surface area contributed by atoms with Crippen molar-refractivity contribution in [2.24, 2.45) is 11.8 Å². The molecule has 2 aliphatic rings. The number of aliphatic hydroxyl groups is 2. The fourth-order valence-corrected chi connectivity index (χ4v) is 2.70. The molecule has 0 aromatic carbocycles. The molecule has 2 N–H and O–H groups in total. The first-order valence-corrected chi connectivity index (χ1v) is 6.76. The Bertz CT molecular complexity index is 439. The van der Waals surface area contributed by atoms with Gasteiger partial charge in [0, 0.05) is 11.8 Å². The lowest BCUT2D eigenvalue weighted by Gasteiger charge is -2.44. The molecule has 0 bridgehead atoms. The van der Waals surface area contributed by atoms with Gasteiger partial charge in [0.25, 0.3) is 0 Å². The molecule has 0 aliphatic heterocycles. The lowest BCUT2D eigenvalue weighted by Crippen LogP contribution is -2.51. The largest absolute Gasteiger partial charge is 0.384 e. The fraction of sp³-hybridized carbons (Fsp3) is 0.471. The van der Waals surface area contributed by atoms with Crippen molar-refractivity contribution in [1.29, 1.82) is 0 Å².